The molecule has 0 saturated heterocycles. The number of rotatable bonds is 4. The molecule has 3 nitrogen and oxygen atoms in total. The Bertz CT molecular complexity index is 3080. The van der Waals surface area contributed by atoms with Crippen molar-refractivity contribution in [1.29, 1.82) is 0 Å². The van der Waals surface area contributed by atoms with Crippen molar-refractivity contribution in [2.45, 2.75) is 9.79 Å². The molecule has 0 atom stereocenters. The number of hydrogen-bond acceptors (Lipinski definition) is 3. The highest BCUT2D eigenvalue weighted by molar-refractivity contribution is 7.92. The van der Waals surface area contributed by atoms with Crippen molar-refractivity contribution in [1.82, 2.24) is 4.98 Å². The van der Waals surface area contributed by atoms with Crippen LogP contribution >= 0.6 is 0 Å². The first-order valence-electron chi connectivity index (χ1n) is 17.1. The van der Waals surface area contributed by atoms with Crippen LogP contribution in [0.4, 0.5) is 0 Å². The van der Waals surface area contributed by atoms with Crippen molar-refractivity contribution in [3.63, 3.8) is 0 Å². The van der Waals surface area contributed by atoms with Crippen molar-refractivity contribution >= 4 is 74.6 Å². The average molecular weight is 672 g/mol. The topological polar surface area (TPSA) is 47.0 Å². The fourth-order valence-corrected chi connectivity index (χ4v) is 9.71. The predicted octanol–water partition coefficient (Wildman–Crippen LogP) is 12.2. The van der Waals surface area contributed by atoms with Crippen LogP contribution in [0.1, 0.15) is 0 Å². The monoisotopic (exact) mass is 671 g/mol. The molecule has 1 heterocycles. The van der Waals surface area contributed by atoms with Gasteiger partial charge in [0.15, 0.2) is 0 Å². The second-order valence-electron chi connectivity index (χ2n) is 13.0. The van der Waals surface area contributed by atoms with Crippen LogP contribution in [-0.2, 0) is 9.84 Å². The third kappa shape index (κ3) is 4.43. The summed E-state index contributed by atoms with van der Waals surface area (Å²) < 4.78 is 28.8. The summed E-state index contributed by atoms with van der Waals surface area (Å²) in [6, 6.07) is 58.7. The molecule has 0 N–H and O–H groups in total. The molecule has 0 aliphatic rings. The summed E-state index contributed by atoms with van der Waals surface area (Å²) in [7, 11) is -3.84. The van der Waals surface area contributed by atoms with E-state index in [-0.39, 0.29) is 4.90 Å². The first-order chi connectivity index (χ1) is 25.1. The molecule has 4 heteroatoms. The van der Waals surface area contributed by atoms with E-state index in [2.05, 4.69) is 91.0 Å². The van der Waals surface area contributed by atoms with Crippen molar-refractivity contribution in [2.75, 3.05) is 0 Å². The molecule has 0 bridgehead atoms. The van der Waals surface area contributed by atoms with Crippen LogP contribution in [0.15, 0.2) is 186 Å². The number of fused-ring (bicyclic) bond motifs is 10. The molecule has 0 aliphatic carbocycles. The maximum Gasteiger partial charge on any atom is 0.207 e. The Kier molecular flexibility index (Phi) is 6.57. The minimum Gasteiger partial charge on any atom is -0.246 e. The third-order valence-corrected chi connectivity index (χ3v) is 12.1. The fraction of sp³-hybridized carbons (Fsp3) is 0. The summed E-state index contributed by atoms with van der Waals surface area (Å²) in [5.41, 5.74) is 4.93. The van der Waals surface area contributed by atoms with Crippen LogP contribution in [0.25, 0.3) is 87.1 Å². The second-order valence-corrected chi connectivity index (χ2v) is 14.9. The SMILES string of the molecule is O=S(=O)(c1ccccc1)c1c2ccccc2c(-c2ccc3c(c2)c(-c2ccccc2)nc2c4ccccc4c4ccccc4c32)c2ccccc12. The average Bonchev–Trinajstić information content (AvgIpc) is 3.19. The molecule has 0 amide bonds. The van der Waals surface area contributed by atoms with Gasteiger partial charge in [0.05, 0.1) is 21.0 Å². The number of pyridine rings is 1. The van der Waals surface area contributed by atoms with Gasteiger partial charge in [0.1, 0.15) is 0 Å². The lowest BCUT2D eigenvalue weighted by Crippen LogP contribution is -2.04. The fourth-order valence-electron chi connectivity index (χ4n) is 8.02. The van der Waals surface area contributed by atoms with Gasteiger partial charge in [-0.05, 0) is 61.6 Å². The van der Waals surface area contributed by atoms with Crippen molar-refractivity contribution in [3.05, 3.63) is 176 Å². The van der Waals surface area contributed by atoms with Crippen LogP contribution in [0.2, 0.25) is 0 Å². The molecule has 0 saturated carbocycles. The Labute approximate surface area is 295 Å². The van der Waals surface area contributed by atoms with E-state index in [0.29, 0.717) is 15.7 Å². The Morgan fingerprint density at radius 3 is 1.47 bits per heavy atom. The number of sulfone groups is 1. The van der Waals surface area contributed by atoms with Crippen LogP contribution in [0.3, 0.4) is 0 Å². The predicted molar refractivity (Wildman–Crippen MR) is 212 cm³/mol. The molecule has 0 fully saturated rings. The quantitative estimate of drug-likeness (QED) is 0.138. The minimum atomic E-state index is -3.84. The Balaban J connectivity index is 1.35. The van der Waals surface area contributed by atoms with Crippen LogP contribution in [-0.4, -0.2) is 13.4 Å². The van der Waals surface area contributed by atoms with Gasteiger partial charge in [-0.3, -0.25) is 0 Å². The summed E-state index contributed by atoms with van der Waals surface area (Å²) in [6.45, 7) is 0. The number of aromatic nitrogens is 1. The van der Waals surface area contributed by atoms with E-state index >= 15 is 0 Å². The molecule has 0 radical (unpaired) electrons. The van der Waals surface area contributed by atoms with Crippen molar-refractivity contribution in [3.8, 4) is 22.4 Å². The zero-order chi connectivity index (χ0) is 34.1. The summed E-state index contributed by atoms with van der Waals surface area (Å²) in [6.07, 6.45) is 0. The molecule has 1 aromatic heterocycles. The molecule has 0 spiro atoms. The molecule has 0 unspecified atom stereocenters. The summed E-state index contributed by atoms with van der Waals surface area (Å²) in [5.74, 6) is 0. The molecule has 240 valence electrons. The lowest BCUT2D eigenvalue weighted by Gasteiger charge is -2.19. The third-order valence-electron chi connectivity index (χ3n) is 10.2. The normalized spacial score (nSPS) is 12.1. The van der Waals surface area contributed by atoms with Gasteiger partial charge in [0.25, 0.3) is 0 Å². The zero-order valence-electron chi connectivity index (χ0n) is 27.4. The van der Waals surface area contributed by atoms with Gasteiger partial charge in [0, 0.05) is 32.5 Å². The molecule has 10 rings (SSSR count). The molecule has 10 aromatic rings. The first kappa shape index (κ1) is 29.5. The van der Waals surface area contributed by atoms with Gasteiger partial charge in [-0.1, -0.05) is 158 Å². The van der Waals surface area contributed by atoms with Gasteiger partial charge in [0.2, 0.25) is 9.84 Å². The summed E-state index contributed by atoms with van der Waals surface area (Å²) in [5, 5.41) is 11.2. The highest BCUT2D eigenvalue weighted by atomic mass is 32.2. The van der Waals surface area contributed by atoms with Gasteiger partial charge in [-0.2, -0.15) is 0 Å². The highest BCUT2D eigenvalue weighted by Gasteiger charge is 2.26. The van der Waals surface area contributed by atoms with E-state index in [1.165, 1.54) is 16.2 Å². The molecule has 0 aliphatic heterocycles. The van der Waals surface area contributed by atoms with E-state index in [1.54, 1.807) is 24.3 Å². The Morgan fingerprint density at radius 1 is 0.373 bits per heavy atom. The molecule has 9 aromatic carbocycles. The van der Waals surface area contributed by atoms with E-state index < -0.39 is 9.84 Å². The smallest absolute Gasteiger partial charge is 0.207 e. The van der Waals surface area contributed by atoms with Crippen molar-refractivity contribution in [2.24, 2.45) is 0 Å². The molecular formula is C47H29NO2S. The molecular weight excluding hydrogens is 643 g/mol. The van der Waals surface area contributed by atoms with E-state index in [4.69, 9.17) is 4.98 Å². The number of hydrogen-bond donors (Lipinski definition) is 0. The van der Waals surface area contributed by atoms with Gasteiger partial charge < -0.3 is 0 Å². The highest BCUT2D eigenvalue weighted by Crippen LogP contribution is 2.46. The Hall–Kier alpha value is -6.36. The lowest BCUT2D eigenvalue weighted by molar-refractivity contribution is 0.597. The summed E-state index contributed by atoms with van der Waals surface area (Å²) in [4.78, 5) is 6.13. The second kappa shape index (κ2) is 11.3. The van der Waals surface area contributed by atoms with Crippen LogP contribution < -0.4 is 0 Å². The number of benzene rings is 9. The van der Waals surface area contributed by atoms with Crippen LogP contribution in [0, 0.1) is 0 Å². The first-order valence-corrected chi connectivity index (χ1v) is 18.5. The Morgan fingerprint density at radius 2 is 0.843 bits per heavy atom. The van der Waals surface area contributed by atoms with E-state index in [1.807, 2.05) is 60.7 Å². The van der Waals surface area contributed by atoms with E-state index in [0.717, 1.165) is 60.2 Å². The largest absolute Gasteiger partial charge is 0.246 e. The van der Waals surface area contributed by atoms with E-state index in [9.17, 15) is 8.42 Å². The standard InChI is InChI=1S/C47H29NO2S/c49-51(50,32-17-5-2-6-18-32)47-40-25-13-10-22-36(40)43(37-23-11-14-26-41(37)47)31-27-28-38-42(29-31)45(30-15-3-1-4-16-30)48-46-39-24-12-8-20-34(39)33-19-7-9-21-35(33)44(38)46/h1-29H. The van der Waals surface area contributed by atoms with Crippen molar-refractivity contribution < 1.29 is 8.42 Å². The lowest BCUT2D eigenvalue weighted by atomic mass is 9.88. The summed E-state index contributed by atoms with van der Waals surface area (Å²) >= 11 is 0. The molecule has 51 heavy (non-hydrogen) atoms. The zero-order valence-corrected chi connectivity index (χ0v) is 28.2. The maximum atomic E-state index is 14.4. The minimum absolute atomic E-state index is 0.281. The van der Waals surface area contributed by atoms with Gasteiger partial charge >= 0.3 is 0 Å². The number of nitrogens with zero attached hydrogens (tertiary/aromatic N) is 1. The van der Waals surface area contributed by atoms with Crippen LogP contribution in [0.5, 0.6) is 0 Å². The van der Waals surface area contributed by atoms with Gasteiger partial charge in [-0.25, -0.2) is 13.4 Å². The maximum absolute atomic E-state index is 14.4. The van der Waals surface area contributed by atoms with Gasteiger partial charge in [-0.15, -0.1) is 0 Å².